The fourth-order valence-corrected chi connectivity index (χ4v) is 3.28. The van der Waals surface area contributed by atoms with Crippen molar-refractivity contribution in [3.8, 4) is 11.8 Å². The van der Waals surface area contributed by atoms with Gasteiger partial charge in [-0.1, -0.05) is 23.7 Å². The lowest BCUT2D eigenvalue weighted by Gasteiger charge is -2.27. The molecule has 2 aromatic rings. The van der Waals surface area contributed by atoms with Gasteiger partial charge in [0.05, 0.1) is 18.1 Å². The molecule has 2 heterocycles. The molecule has 3 rings (SSSR count). The zero-order valence-electron chi connectivity index (χ0n) is 13.5. The third kappa shape index (κ3) is 2.88. The van der Waals surface area contributed by atoms with Crippen LogP contribution in [0.4, 0.5) is 0 Å². The van der Waals surface area contributed by atoms with Gasteiger partial charge in [0.2, 0.25) is 5.88 Å². The summed E-state index contributed by atoms with van der Waals surface area (Å²) >= 11 is 6.09. The van der Waals surface area contributed by atoms with Crippen LogP contribution in [-0.4, -0.2) is 16.3 Å². The summed E-state index contributed by atoms with van der Waals surface area (Å²) in [7, 11) is 0. The molecule has 0 spiro atoms. The molecule has 0 radical (unpaired) electrons. The van der Waals surface area contributed by atoms with E-state index in [1.165, 1.54) is 4.57 Å². The van der Waals surface area contributed by atoms with Crippen molar-refractivity contribution >= 4 is 11.6 Å². The predicted molar refractivity (Wildman–Crippen MR) is 93.3 cm³/mol. The first kappa shape index (κ1) is 17.1. The molecule has 1 atom stereocenters. The first-order valence-electron chi connectivity index (χ1n) is 7.66. The van der Waals surface area contributed by atoms with E-state index in [4.69, 9.17) is 22.1 Å². The Morgan fingerprint density at radius 2 is 2.20 bits per heavy atom. The number of allylic oxidation sites excluding steroid dienone is 1. The van der Waals surface area contributed by atoms with Crippen LogP contribution in [0.5, 0.6) is 5.75 Å². The lowest BCUT2D eigenvalue weighted by Crippen LogP contribution is -2.33. The minimum atomic E-state index is -0.675. The molecule has 7 heteroatoms. The summed E-state index contributed by atoms with van der Waals surface area (Å²) in [5, 5.41) is 19.3. The molecule has 1 aromatic heterocycles. The number of ether oxygens (including phenoxy) is 1. The van der Waals surface area contributed by atoms with Gasteiger partial charge in [0, 0.05) is 23.3 Å². The van der Waals surface area contributed by atoms with Gasteiger partial charge < -0.3 is 20.1 Å². The van der Waals surface area contributed by atoms with E-state index in [9.17, 15) is 15.2 Å². The van der Waals surface area contributed by atoms with E-state index in [1.54, 1.807) is 37.3 Å². The van der Waals surface area contributed by atoms with E-state index in [0.29, 0.717) is 27.6 Å². The number of pyridine rings is 1. The van der Waals surface area contributed by atoms with Crippen molar-refractivity contribution in [1.29, 1.82) is 5.26 Å². The van der Waals surface area contributed by atoms with Gasteiger partial charge in [-0.15, -0.1) is 0 Å². The monoisotopic (exact) mass is 357 g/mol. The van der Waals surface area contributed by atoms with Gasteiger partial charge in [0.1, 0.15) is 17.4 Å². The van der Waals surface area contributed by atoms with E-state index in [0.717, 1.165) is 0 Å². The molecule has 0 fully saturated rings. The maximum absolute atomic E-state index is 13.0. The first-order chi connectivity index (χ1) is 12.0. The number of hydrogen-bond donors (Lipinski definition) is 2. The number of fused-ring (bicyclic) bond motifs is 1. The van der Waals surface area contributed by atoms with Crippen molar-refractivity contribution < 1.29 is 9.84 Å². The van der Waals surface area contributed by atoms with E-state index >= 15 is 0 Å². The van der Waals surface area contributed by atoms with Crippen molar-refractivity contribution in [2.45, 2.75) is 19.4 Å². The lowest BCUT2D eigenvalue weighted by molar-refractivity contribution is 0.272. The Morgan fingerprint density at radius 1 is 1.44 bits per heavy atom. The number of aliphatic hydroxyl groups is 1. The molecule has 1 aliphatic heterocycles. The maximum atomic E-state index is 13.0. The Kier molecular flexibility index (Phi) is 4.53. The second-order valence-corrected chi connectivity index (χ2v) is 6.16. The van der Waals surface area contributed by atoms with Gasteiger partial charge in [0.25, 0.3) is 5.56 Å². The molecule has 6 nitrogen and oxygen atoms in total. The van der Waals surface area contributed by atoms with Crippen molar-refractivity contribution in [3.63, 3.8) is 0 Å². The molecule has 128 valence electrons. The minimum absolute atomic E-state index is 0.0290. The van der Waals surface area contributed by atoms with Crippen LogP contribution in [0.15, 0.2) is 46.6 Å². The van der Waals surface area contributed by atoms with E-state index < -0.39 is 5.92 Å². The van der Waals surface area contributed by atoms with Crippen LogP contribution >= 0.6 is 11.6 Å². The molecule has 0 unspecified atom stereocenters. The number of nitrogens with two attached hydrogens (primary N) is 1. The van der Waals surface area contributed by atoms with Gasteiger partial charge >= 0.3 is 0 Å². The van der Waals surface area contributed by atoms with Crippen LogP contribution in [0.2, 0.25) is 5.02 Å². The van der Waals surface area contributed by atoms with Crippen LogP contribution in [-0.2, 0) is 6.54 Å². The molecule has 0 aliphatic carbocycles. The summed E-state index contributed by atoms with van der Waals surface area (Å²) in [6, 6.07) is 10.7. The molecule has 0 bridgehead atoms. The van der Waals surface area contributed by atoms with Gasteiger partial charge in [-0.05, 0) is 24.6 Å². The lowest BCUT2D eigenvalue weighted by atomic mass is 9.84. The number of nitriles is 1. The molecule has 3 N–H and O–H groups in total. The van der Waals surface area contributed by atoms with Crippen LogP contribution in [0.25, 0.3) is 0 Å². The summed E-state index contributed by atoms with van der Waals surface area (Å²) in [6.07, 6.45) is 0. The van der Waals surface area contributed by atoms with E-state index in [2.05, 4.69) is 0 Å². The van der Waals surface area contributed by atoms with Crippen molar-refractivity contribution in [3.05, 3.63) is 74.0 Å². The molecular weight excluding hydrogens is 342 g/mol. The molecule has 0 saturated carbocycles. The smallest absolute Gasteiger partial charge is 0.258 e. The molecular formula is C18H16ClN3O3. The zero-order chi connectivity index (χ0) is 18.1. The van der Waals surface area contributed by atoms with Gasteiger partial charge in [0.15, 0.2) is 0 Å². The van der Waals surface area contributed by atoms with Gasteiger partial charge in [-0.25, -0.2) is 0 Å². The normalized spacial score (nSPS) is 16.2. The Hall–Kier alpha value is -2.75. The van der Waals surface area contributed by atoms with Crippen LogP contribution in [0.3, 0.4) is 0 Å². The standard InChI is InChI=1S/C18H16ClN3O3/c1-10-7-14-16(18(24)22(10)5-6-23)15(13(9-20)17(21)25-14)11-3-2-4-12(19)8-11/h2-4,7-8,15,23H,5-6,21H2,1H3/t15-/m1/s1. The third-order valence-corrected chi connectivity index (χ3v) is 4.43. The average molecular weight is 358 g/mol. The summed E-state index contributed by atoms with van der Waals surface area (Å²) in [4.78, 5) is 13.0. The molecule has 0 saturated heterocycles. The number of rotatable bonds is 3. The average Bonchev–Trinajstić information content (AvgIpc) is 2.57. The Morgan fingerprint density at radius 3 is 2.84 bits per heavy atom. The summed E-state index contributed by atoms with van der Waals surface area (Å²) in [5.74, 6) is -0.387. The van der Waals surface area contributed by atoms with Crippen LogP contribution in [0, 0.1) is 18.3 Å². The minimum Gasteiger partial charge on any atom is -0.440 e. The van der Waals surface area contributed by atoms with E-state index in [1.807, 2.05) is 6.07 Å². The zero-order valence-corrected chi connectivity index (χ0v) is 14.2. The second kappa shape index (κ2) is 6.63. The SMILES string of the molecule is Cc1cc2c(c(=O)n1CCO)[C@H](c1cccc(Cl)c1)C(C#N)=C(N)O2. The summed E-state index contributed by atoms with van der Waals surface area (Å²) in [5.41, 5.74) is 7.38. The number of benzene rings is 1. The van der Waals surface area contributed by atoms with Gasteiger partial charge in [-0.2, -0.15) is 5.26 Å². The number of hydrogen-bond acceptors (Lipinski definition) is 5. The summed E-state index contributed by atoms with van der Waals surface area (Å²) in [6.45, 7) is 1.72. The fraction of sp³-hybridized carbons (Fsp3) is 0.222. The highest BCUT2D eigenvalue weighted by molar-refractivity contribution is 6.30. The third-order valence-electron chi connectivity index (χ3n) is 4.20. The number of aliphatic hydroxyl groups excluding tert-OH is 1. The maximum Gasteiger partial charge on any atom is 0.258 e. The van der Waals surface area contributed by atoms with Crippen molar-refractivity contribution in [1.82, 2.24) is 4.57 Å². The van der Waals surface area contributed by atoms with Crippen molar-refractivity contribution in [2.75, 3.05) is 6.61 Å². The highest BCUT2D eigenvalue weighted by Crippen LogP contribution is 2.40. The quantitative estimate of drug-likeness (QED) is 0.875. The van der Waals surface area contributed by atoms with E-state index in [-0.39, 0.29) is 30.2 Å². The first-order valence-corrected chi connectivity index (χ1v) is 8.04. The number of aromatic nitrogens is 1. The molecule has 25 heavy (non-hydrogen) atoms. The molecule has 1 aliphatic rings. The fourth-order valence-electron chi connectivity index (χ4n) is 3.08. The number of halogens is 1. The highest BCUT2D eigenvalue weighted by atomic mass is 35.5. The molecule has 1 aromatic carbocycles. The number of nitrogens with zero attached hydrogens (tertiary/aromatic N) is 2. The number of aryl methyl sites for hydroxylation is 1. The Bertz CT molecular complexity index is 973. The second-order valence-electron chi connectivity index (χ2n) is 5.72. The summed E-state index contributed by atoms with van der Waals surface area (Å²) < 4.78 is 6.99. The van der Waals surface area contributed by atoms with Gasteiger partial charge in [-0.3, -0.25) is 4.79 Å². The highest BCUT2D eigenvalue weighted by Gasteiger charge is 2.34. The Balaban J connectivity index is 2.33. The Labute approximate surface area is 149 Å². The van der Waals surface area contributed by atoms with Crippen molar-refractivity contribution in [2.24, 2.45) is 5.73 Å². The van der Waals surface area contributed by atoms with Crippen LogP contribution < -0.4 is 16.0 Å². The van der Waals surface area contributed by atoms with Crippen LogP contribution in [0.1, 0.15) is 22.7 Å². The predicted octanol–water partition coefficient (Wildman–Crippen LogP) is 2.02. The largest absolute Gasteiger partial charge is 0.440 e. The topological polar surface area (TPSA) is 101 Å². The molecule has 0 amide bonds.